The first-order valence-electron chi connectivity index (χ1n) is 8.64. The normalized spacial score (nSPS) is 10.5. The summed E-state index contributed by atoms with van der Waals surface area (Å²) in [5.41, 5.74) is 2.56. The van der Waals surface area contributed by atoms with E-state index in [1.165, 1.54) is 6.20 Å². The van der Waals surface area contributed by atoms with Crippen LogP contribution in [0.4, 0.5) is 5.95 Å². The summed E-state index contributed by atoms with van der Waals surface area (Å²) in [6.07, 6.45) is 1.50. The summed E-state index contributed by atoms with van der Waals surface area (Å²) < 4.78 is 5.15. The van der Waals surface area contributed by atoms with E-state index in [1.807, 2.05) is 60.5 Å². The molecule has 2 aromatic carbocycles. The Morgan fingerprint density at radius 1 is 1.11 bits per heavy atom. The molecule has 0 aliphatic heterocycles. The fourth-order valence-corrected chi connectivity index (χ4v) is 2.93. The van der Waals surface area contributed by atoms with Crippen LogP contribution in [0, 0.1) is 0 Å². The number of rotatable bonds is 6. The third-order valence-electron chi connectivity index (χ3n) is 4.00. The average Bonchev–Trinajstić information content (AvgIpc) is 2.69. The van der Waals surface area contributed by atoms with Gasteiger partial charge in [-0.25, -0.2) is 14.8 Å². The molecule has 0 aliphatic carbocycles. The van der Waals surface area contributed by atoms with Crippen LogP contribution in [0.2, 0.25) is 5.02 Å². The Morgan fingerprint density at radius 3 is 2.52 bits per heavy atom. The average molecular weight is 382 g/mol. The van der Waals surface area contributed by atoms with Crippen LogP contribution in [0.3, 0.4) is 0 Å². The molecular formula is C21H20ClN3O2. The molecular weight excluding hydrogens is 362 g/mol. The van der Waals surface area contributed by atoms with Gasteiger partial charge in [0, 0.05) is 30.4 Å². The lowest BCUT2D eigenvalue weighted by molar-refractivity contribution is 0.0526. The third kappa shape index (κ3) is 4.44. The van der Waals surface area contributed by atoms with E-state index in [0.717, 1.165) is 5.56 Å². The van der Waals surface area contributed by atoms with Gasteiger partial charge in [0.25, 0.3) is 0 Å². The largest absolute Gasteiger partial charge is 0.462 e. The maximum atomic E-state index is 12.4. The van der Waals surface area contributed by atoms with Crippen molar-refractivity contribution < 1.29 is 9.53 Å². The second-order valence-corrected chi connectivity index (χ2v) is 6.38. The minimum absolute atomic E-state index is 0.274. The molecule has 1 aromatic heterocycles. The van der Waals surface area contributed by atoms with Crippen LogP contribution in [-0.2, 0) is 11.3 Å². The number of halogens is 1. The molecule has 0 unspecified atom stereocenters. The van der Waals surface area contributed by atoms with Crippen LogP contribution in [0.15, 0.2) is 60.8 Å². The van der Waals surface area contributed by atoms with Gasteiger partial charge in [0.05, 0.1) is 12.3 Å². The molecule has 3 aromatic rings. The number of ether oxygens (including phenoxy) is 1. The van der Waals surface area contributed by atoms with E-state index >= 15 is 0 Å². The summed E-state index contributed by atoms with van der Waals surface area (Å²) in [7, 11) is 1.91. The van der Waals surface area contributed by atoms with Gasteiger partial charge in [-0.05, 0) is 18.6 Å². The maximum Gasteiger partial charge on any atom is 0.341 e. The van der Waals surface area contributed by atoms with Crippen LogP contribution >= 0.6 is 11.6 Å². The van der Waals surface area contributed by atoms with Crippen molar-refractivity contribution in [2.45, 2.75) is 13.5 Å². The Hall–Kier alpha value is -2.92. The van der Waals surface area contributed by atoms with Gasteiger partial charge in [-0.3, -0.25) is 0 Å². The van der Waals surface area contributed by atoms with E-state index in [-0.39, 0.29) is 6.61 Å². The number of carbonyl (C=O) groups excluding carboxylic acids is 1. The van der Waals surface area contributed by atoms with Gasteiger partial charge in [-0.15, -0.1) is 0 Å². The van der Waals surface area contributed by atoms with E-state index in [4.69, 9.17) is 16.3 Å². The summed E-state index contributed by atoms with van der Waals surface area (Å²) in [6.45, 7) is 2.67. The number of anilines is 1. The van der Waals surface area contributed by atoms with Gasteiger partial charge in [0.15, 0.2) is 0 Å². The number of hydrogen-bond acceptors (Lipinski definition) is 5. The van der Waals surface area contributed by atoms with Crippen LogP contribution < -0.4 is 4.90 Å². The maximum absolute atomic E-state index is 12.4. The first-order valence-corrected chi connectivity index (χ1v) is 9.02. The molecule has 138 valence electrons. The Kier molecular flexibility index (Phi) is 6.04. The van der Waals surface area contributed by atoms with E-state index < -0.39 is 5.97 Å². The summed E-state index contributed by atoms with van der Waals surface area (Å²) in [5, 5.41) is 0.512. The molecule has 0 saturated carbocycles. The predicted molar refractivity (Wildman–Crippen MR) is 107 cm³/mol. The molecule has 0 N–H and O–H groups in total. The van der Waals surface area contributed by atoms with Crippen LogP contribution in [0.5, 0.6) is 0 Å². The second kappa shape index (κ2) is 8.64. The van der Waals surface area contributed by atoms with Crippen molar-refractivity contribution >= 4 is 23.5 Å². The molecule has 0 amide bonds. The van der Waals surface area contributed by atoms with Gasteiger partial charge in [0.1, 0.15) is 5.56 Å². The molecule has 1 heterocycles. The smallest absolute Gasteiger partial charge is 0.341 e. The van der Waals surface area contributed by atoms with Crippen molar-refractivity contribution in [2.24, 2.45) is 0 Å². The van der Waals surface area contributed by atoms with E-state index in [2.05, 4.69) is 9.97 Å². The van der Waals surface area contributed by atoms with Crippen LogP contribution in [0.1, 0.15) is 22.8 Å². The number of nitrogens with zero attached hydrogens (tertiary/aromatic N) is 3. The Morgan fingerprint density at radius 2 is 1.81 bits per heavy atom. The molecule has 0 atom stereocenters. The minimum atomic E-state index is -0.468. The standard InChI is InChI=1S/C21H20ClN3O2/c1-3-27-20(26)17-13-23-21(25(2)14-15-9-5-4-6-10-15)24-19(17)16-11-7-8-12-18(16)22/h4-13H,3,14H2,1-2H3. The van der Waals surface area contributed by atoms with Crippen molar-refractivity contribution in [1.29, 1.82) is 0 Å². The van der Waals surface area contributed by atoms with Gasteiger partial charge >= 0.3 is 5.97 Å². The zero-order chi connectivity index (χ0) is 19.2. The van der Waals surface area contributed by atoms with Gasteiger partial charge < -0.3 is 9.64 Å². The molecule has 0 saturated heterocycles. The fourth-order valence-electron chi connectivity index (χ4n) is 2.70. The highest BCUT2D eigenvalue weighted by molar-refractivity contribution is 6.33. The third-order valence-corrected chi connectivity index (χ3v) is 4.33. The molecule has 0 spiro atoms. The van der Waals surface area contributed by atoms with Crippen molar-refractivity contribution in [3.8, 4) is 11.3 Å². The molecule has 6 heteroatoms. The van der Waals surface area contributed by atoms with E-state index in [0.29, 0.717) is 34.3 Å². The monoisotopic (exact) mass is 381 g/mol. The van der Waals surface area contributed by atoms with Crippen molar-refractivity contribution in [1.82, 2.24) is 9.97 Å². The first-order chi connectivity index (χ1) is 13.1. The highest BCUT2D eigenvalue weighted by Gasteiger charge is 2.20. The fraction of sp³-hybridized carbons (Fsp3) is 0.190. The van der Waals surface area contributed by atoms with E-state index in [1.54, 1.807) is 13.0 Å². The molecule has 0 fully saturated rings. The Balaban J connectivity index is 2.01. The number of hydrogen-bond donors (Lipinski definition) is 0. The lowest BCUT2D eigenvalue weighted by Crippen LogP contribution is -2.20. The van der Waals surface area contributed by atoms with Crippen molar-refractivity contribution in [2.75, 3.05) is 18.6 Å². The molecule has 3 rings (SSSR count). The molecule has 0 aliphatic rings. The lowest BCUT2D eigenvalue weighted by atomic mass is 10.1. The zero-order valence-corrected chi connectivity index (χ0v) is 16.0. The number of aromatic nitrogens is 2. The summed E-state index contributed by atoms with van der Waals surface area (Å²) in [4.78, 5) is 23.3. The molecule has 27 heavy (non-hydrogen) atoms. The quantitative estimate of drug-likeness (QED) is 0.583. The summed E-state index contributed by atoms with van der Waals surface area (Å²) in [5.74, 6) is 0.0338. The lowest BCUT2D eigenvalue weighted by Gasteiger charge is -2.19. The van der Waals surface area contributed by atoms with Gasteiger partial charge in [0.2, 0.25) is 5.95 Å². The molecule has 5 nitrogen and oxygen atoms in total. The minimum Gasteiger partial charge on any atom is -0.462 e. The van der Waals surface area contributed by atoms with Crippen molar-refractivity contribution in [3.05, 3.63) is 76.9 Å². The predicted octanol–water partition coefficient (Wildman–Crippen LogP) is 4.61. The van der Waals surface area contributed by atoms with Gasteiger partial charge in [-0.1, -0.05) is 60.1 Å². The number of esters is 1. The topological polar surface area (TPSA) is 55.3 Å². The second-order valence-electron chi connectivity index (χ2n) is 5.97. The van der Waals surface area contributed by atoms with Crippen LogP contribution in [0.25, 0.3) is 11.3 Å². The Bertz CT molecular complexity index is 932. The van der Waals surface area contributed by atoms with E-state index in [9.17, 15) is 4.79 Å². The summed E-state index contributed by atoms with van der Waals surface area (Å²) >= 11 is 6.35. The van der Waals surface area contributed by atoms with Crippen LogP contribution in [-0.4, -0.2) is 29.6 Å². The highest BCUT2D eigenvalue weighted by atomic mass is 35.5. The molecule has 0 bridgehead atoms. The summed E-state index contributed by atoms with van der Waals surface area (Å²) in [6, 6.07) is 17.3. The highest BCUT2D eigenvalue weighted by Crippen LogP contribution is 2.30. The van der Waals surface area contributed by atoms with Gasteiger partial charge in [-0.2, -0.15) is 0 Å². The zero-order valence-electron chi connectivity index (χ0n) is 15.2. The number of benzene rings is 2. The number of carbonyl (C=O) groups is 1. The molecule has 0 radical (unpaired) electrons. The SMILES string of the molecule is CCOC(=O)c1cnc(N(C)Cc2ccccc2)nc1-c1ccccc1Cl. The van der Waals surface area contributed by atoms with Crippen molar-refractivity contribution in [3.63, 3.8) is 0 Å². The first kappa shape index (κ1) is 18.9. The Labute approximate surface area is 163 Å².